The fourth-order valence-corrected chi connectivity index (χ4v) is 6.08. The molecular weight excluding hydrogens is 332 g/mol. The van der Waals surface area contributed by atoms with Crippen molar-refractivity contribution in [3.8, 4) is 21.3 Å². The van der Waals surface area contributed by atoms with E-state index >= 15 is 0 Å². The Kier molecular flexibility index (Phi) is 2.93. The van der Waals surface area contributed by atoms with Crippen molar-refractivity contribution in [1.82, 2.24) is 0 Å². The average molecular weight is 339 g/mol. The molecule has 0 aliphatic carbocycles. The topological polar surface area (TPSA) is 13.1 Å². The van der Waals surface area contributed by atoms with Gasteiger partial charge in [-0.3, -0.25) is 0 Å². The van der Waals surface area contributed by atoms with E-state index in [2.05, 4.69) is 22.9 Å². The quantitative estimate of drug-likeness (QED) is 0.375. The molecular formula is C13H6OS5. The van der Waals surface area contributed by atoms with E-state index in [0.717, 1.165) is 24.4 Å². The van der Waals surface area contributed by atoms with Crippen molar-refractivity contribution in [2.24, 2.45) is 0 Å². The van der Waals surface area contributed by atoms with Crippen LogP contribution in [0.2, 0.25) is 0 Å². The SMILES string of the molecule is S=c1sc2c(-c3cccs3)oc(-c3cccs3)c2s1. The van der Waals surface area contributed by atoms with Crippen LogP contribution in [0, 0.1) is 3.14 Å². The molecule has 0 saturated heterocycles. The fourth-order valence-electron chi connectivity index (χ4n) is 1.91. The molecule has 0 N–H and O–H groups in total. The molecule has 4 heterocycles. The molecule has 0 aromatic carbocycles. The van der Waals surface area contributed by atoms with Crippen LogP contribution < -0.4 is 0 Å². The van der Waals surface area contributed by atoms with Crippen molar-refractivity contribution in [3.63, 3.8) is 0 Å². The molecule has 94 valence electrons. The smallest absolute Gasteiger partial charge is 0.163 e. The molecule has 1 nitrogen and oxygen atoms in total. The third-order valence-corrected chi connectivity index (χ3v) is 7.07. The Bertz CT molecular complexity index is 804. The Morgan fingerprint density at radius 3 is 1.79 bits per heavy atom. The van der Waals surface area contributed by atoms with Crippen LogP contribution in [0.1, 0.15) is 0 Å². The van der Waals surface area contributed by atoms with E-state index in [1.165, 1.54) is 9.40 Å². The van der Waals surface area contributed by atoms with Crippen molar-refractivity contribution in [2.75, 3.05) is 0 Å². The molecule has 0 amide bonds. The number of furan rings is 1. The minimum absolute atomic E-state index is 0.955. The summed E-state index contributed by atoms with van der Waals surface area (Å²) in [6.45, 7) is 0. The predicted octanol–water partition coefficient (Wildman–Crippen LogP) is 6.74. The molecule has 19 heavy (non-hydrogen) atoms. The lowest BCUT2D eigenvalue weighted by Crippen LogP contribution is -1.64. The zero-order chi connectivity index (χ0) is 12.8. The highest BCUT2D eigenvalue weighted by Crippen LogP contribution is 2.46. The van der Waals surface area contributed by atoms with E-state index in [-0.39, 0.29) is 0 Å². The lowest BCUT2D eigenvalue weighted by molar-refractivity contribution is 0.605. The second-order valence-electron chi connectivity index (χ2n) is 3.83. The van der Waals surface area contributed by atoms with E-state index in [0.29, 0.717) is 0 Å². The van der Waals surface area contributed by atoms with Crippen LogP contribution in [0.25, 0.3) is 30.7 Å². The van der Waals surface area contributed by atoms with Gasteiger partial charge in [0.15, 0.2) is 11.5 Å². The summed E-state index contributed by atoms with van der Waals surface area (Å²) in [6, 6.07) is 8.28. The van der Waals surface area contributed by atoms with E-state index in [9.17, 15) is 0 Å². The van der Waals surface area contributed by atoms with Crippen LogP contribution >= 0.6 is 57.6 Å². The molecule has 6 heteroatoms. The molecule has 4 aromatic rings. The van der Waals surface area contributed by atoms with Crippen molar-refractivity contribution in [2.45, 2.75) is 0 Å². The van der Waals surface area contributed by atoms with E-state index in [1.807, 2.05) is 12.1 Å². The zero-order valence-corrected chi connectivity index (χ0v) is 13.5. The first-order valence-electron chi connectivity index (χ1n) is 5.47. The van der Waals surface area contributed by atoms with Crippen molar-refractivity contribution in [1.29, 1.82) is 0 Å². The standard InChI is InChI=1S/C13H6OS5/c15-13-18-11-9(7-3-1-5-16-7)14-10(12(11)19-13)8-4-2-6-17-8/h1-6H. The van der Waals surface area contributed by atoms with Gasteiger partial charge in [-0.25, -0.2) is 0 Å². The van der Waals surface area contributed by atoms with Crippen molar-refractivity contribution in [3.05, 3.63) is 38.2 Å². The maximum absolute atomic E-state index is 6.14. The van der Waals surface area contributed by atoms with Crippen LogP contribution in [0.15, 0.2) is 39.4 Å². The Morgan fingerprint density at radius 2 is 1.37 bits per heavy atom. The summed E-state index contributed by atoms with van der Waals surface area (Å²) in [4.78, 5) is 2.33. The highest BCUT2D eigenvalue weighted by molar-refractivity contribution is 7.77. The normalized spacial score (nSPS) is 11.4. The first-order chi connectivity index (χ1) is 9.33. The molecule has 0 bridgehead atoms. The molecule has 4 aromatic heterocycles. The van der Waals surface area contributed by atoms with Gasteiger partial charge in [-0.05, 0) is 22.9 Å². The summed E-state index contributed by atoms with van der Waals surface area (Å²) in [6.07, 6.45) is 0. The third-order valence-electron chi connectivity index (χ3n) is 2.68. The number of thiophene rings is 2. The van der Waals surface area contributed by atoms with Crippen LogP contribution in [0.4, 0.5) is 0 Å². The van der Waals surface area contributed by atoms with Gasteiger partial charge in [-0.1, -0.05) is 24.4 Å². The maximum Gasteiger partial charge on any atom is 0.163 e. The summed E-state index contributed by atoms with van der Waals surface area (Å²) >= 11 is 12.0. The average Bonchev–Trinajstić information content (AvgIpc) is 3.12. The third kappa shape index (κ3) is 1.95. The number of hydrogen-bond acceptors (Lipinski definition) is 6. The highest BCUT2D eigenvalue weighted by atomic mass is 32.2. The first-order valence-corrected chi connectivity index (χ1v) is 9.27. The van der Waals surface area contributed by atoms with E-state index in [4.69, 9.17) is 16.6 Å². The van der Waals surface area contributed by atoms with Crippen LogP contribution in [0.5, 0.6) is 0 Å². The monoisotopic (exact) mass is 338 g/mol. The largest absolute Gasteiger partial charge is 0.451 e. The Labute approximate surface area is 130 Å². The minimum Gasteiger partial charge on any atom is -0.451 e. The Balaban J connectivity index is 2.08. The molecule has 0 fully saturated rings. The Hall–Kier alpha value is -0.790. The van der Waals surface area contributed by atoms with Gasteiger partial charge in [0.05, 0.1) is 19.2 Å². The minimum atomic E-state index is 0.955. The van der Waals surface area contributed by atoms with Gasteiger partial charge in [0.1, 0.15) is 3.14 Å². The lowest BCUT2D eigenvalue weighted by atomic mass is 10.3. The van der Waals surface area contributed by atoms with Crippen LogP contribution in [-0.4, -0.2) is 0 Å². The van der Waals surface area contributed by atoms with Gasteiger partial charge in [0, 0.05) is 0 Å². The summed E-state index contributed by atoms with van der Waals surface area (Å²) in [5.41, 5.74) is 0. The van der Waals surface area contributed by atoms with E-state index < -0.39 is 0 Å². The van der Waals surface area contributed by atoms with Crippen molar-refractivity contribution >= 4 is 67.0 Å². The number of hydrogen-bond donors (Lipinski definition) is 0. The summed E-state index contributed by atoms with van der Waals surface area (Å²) in [5.74, 6) is 1.93. The molecule has 0 atom stereocenters. The Morgan fingerprint density at radius 1 is 0.842 bits per heavy atom. The van der Waals surface area contributed by atoms with Gasteiger partial charge in [-0.15, -0.1) is 45.3 Å². The predicted molar refractivity (Wildman–Crippen MR) is 89.4 cm³/mol. The van der Waals surface area contributed by atoms with E-state index in [1.54, 1.807) is 45.3 Å². The molecule has 0 spiro atoms. The molecule has 0 aliphatic rings. The highest BCUT2D eigenvalue weighted by Gasteiger charge is 2.20. The second-order valence-corrected chi connectivity index (χ2v) is 8.95. The molecule has 0 unspecified atom stereocenters. The first kappa shape index (κ1) is 12.0. The van der Waals surface area contributed by atoms with Gasteiger partial charge >= 0.3 is 0 Å². The summed E-state index contributed by atoms with van der Waals surface area (Å²) in [7, 11) is 0. The summed E-state index contributed by atoms with van der Waals surface area (Å²) in [5, 5.41) is 4.14. The van der Waals surface area contributed by atoms with Gasteiger partial charge in [0.25, 0.3) is 0 Å². The van der Waals surface area contributed by atoms with Gasteiger partial charge in [0.2, 0.25) is 0 Å². The van der Waals surface area contributed by atoms with Crippen LogP contribution in [0.3, 0.4) is 0 Å². The fraction of sp³-hybridized carbons (Fsp3) is 0. The molecule has 4 rings (SSSR count). The lowest BCUT2D eigenvalue weighted by Gasteiger charge is -1.92. The zero-order valence-electron chi connectivity index (χ0n) is 9.41. The molecule has 0 saturated carbocycles. The summed E-state index contributed by atoms with van der Waals surface area (Å²) < 4.78 is 9.46. The maximum atomic E-state index is 6.14. The van der Waals surface area contributed by atoms with Gasteiger partial charge < -0.3 is 4.42 Å². The van der Waals surface area contributed by atoms with Crippen molar-refractivity contribution < 1.29 is 4.42 Å². The number of fused-ring (bicyclic) bond motifs is 1. The second kappa shape index (κ2) is 4.64. The van der Waals surface area contributed by atoms with Gasteiger partial charge in [-0.2, -0.15) is 0 Å². The molecule has 0 radical (unpaired) electrons. The molecule has 0 aliphatic heterocycles. The van der Waals surface area contributed by atoms with Crippen LogP contribution in [-0.2, 0) is 0 Å². The number of rotatable bonds is 2.